The highest BCUT2D eigenvalue weighted by Gasteiger charge is 2.18. The summed E-state index contributed by atoms with van der Waals surface area (Å²) in [4.78, 5) is 23.2. The Kier molecular flexibility index (Phi) is 4.73. The summed E-state index contributed by atoms with van der Waals surface area (Å²) < 4.78 is 5.12. The summed E-state index contributed by atoms with van der Waals surface area (Å²) in [7, 11) is 0. The zero-order valence-electron chi connectivity index (χ0n) is 10.6. The van der Waals surface area contributed by atoms with Gasteiger partial charge in [-0.3, -0.25) is 10.1 Å². The number of amides is 1. The predicted molar refractivity (Wildman–Crippen MR) is 71.3 cm³/mol. The van der Waals surface area contributed by atoms with Gasteiger partial charge < -0.3 is 4.74 Å². The number of carbonyl (C=O) groups is 2. The Morgan fingerprint density at radius 1 is 1.28 bits per heavy atom. The Balaban J connectivity index is 2.85. The van der Waals surface area contributed by atoms with E-state index in [9.17, 15) is 9.59 Å². The molecule has 1 aromatic rings. The van der Waals surface area contributed by atoms with Crippen LogP contribution in [0.5, 0.6) is 0 Å². The minimum Gasteiger partial charge on any atom is -0.444 e. The van der Waals surface area contributed by atoms with Crippen LogP contribution in [-0.4, -0.2) is 23.4 Å². The van der Waals surface area contributed by atoms with Gasteiger partial charge in [0.15, 0.2) is 5.78 Å². The maximum Gasteiger partial charge on any atom is 0.412 e. The van der Waals surface area contributed by atoms with Crippen LogP contribution in [0, 0.1) is 0 Å². The number of rotatable bonds is 3. The van der Waals surface area contributed by atoms with Crippen molar-refractivity contribution in [2.45, 2.75) is 26.4 Å². The molecule has 18 heavy (non-hydrogen) atoms. The summed E-state index contributed by atoms with van der Waals surface area (Å²) in [6, 6.07) is 6.67. The molecule has 0 bridgehead atoms. The lowest BCUT2D eigenvalue weighted by atomic mass is 10.1. The summed E-state index contributed by atoms with van der Waals surface area (Å²) in [6.45, 7) is 5.30. The number of ether oxygens (including phenoxy) is 1. The summed E-state index contributed by atoms with van der Waals surface area (Å²) in [6.07, 6.45) is -0.600. The number of hydrogen-bond donors (Lipinski definition) is 1. The molecule has 0 aliphatic heterocycles. The maximum absolute atomic E-state index is 11.6. The van der Waals surface area contributed by atoms with Crippen molar-refractivity contribution in [3.05, 3.63) is 29.8 Å². The number of carbonyl (C=O) groups excluding carboxylic acids is 2. The van der Waals surface area contributed by atoms with Crippen LogP contribution in [0.4, 0.5) is 10.5 Å². The molecular formula is C13H16ClNO3. The van der Waals surface area contributed by atoms with Gasteiger partial charge in [-0.1, -0.05) is 12.1 Å². The second-order valence-electron chi connectivity index (χ2n) is 4.73. The average Bonchev–Trinajstić information content (AvgIpc) is 2.26. The minimum atomic E-state index is -0.600. The highest BCUT2D eigenvalue weighted by molar-refractivity contribution is 6.31. The Labute approximate surface area is 111 Å². The average molecular weight is 270 g/mol. The van der Waals surface area contributed by atoms with Crippen molar-refractivity contribution in [1.29, 1.82) is 0 Å². The number of benzene rings is 1. The summed E-state index contributed by atoms with van der Waals surface area (Å²) in [5.74, 6) is -0.379. The van der Waals surface area contributed by atoms with E-state index >= 15 is 0 Å². The molecule has 5 heteroatoms. The van der Waals surface area contributed by atoms with Gasteiger partial charge in [0.25, 0.3) is 0 Å². The Morgan fingerprint density at radius 2 is 1.89 bits per heavy atom. The number of para-hydroxylation sites is 1. The molecule has 0 aliphatic rings. The zero-order valence-corrected chi connectivity index (χ0v) is 11.4. The number of halogens is 1. The third-order valence-electron chi connectivity index (χ3n) is 1.98. The molecule has 0 spiro atoms. The standard InChI is InChI=1S/C13H16ClNO3/c1-13(2,3)18-12(17)15-10-7-5-4-6-9(10)11(16)8-14/h4-7H,8H2,1-3H3,(H,15,17). The van der Waals surface area contributed by atoms with Gasteiger partial charge in [-0.15, -0.1) is 11.6 Å². The normalized spacial score (nSPS) is 10.9. The topological polar surface area (TPSA) is 55.4 Å². The molecule has 1 N–H and O–H groups in total. The largest absolute Gasteiger partial charge is 0.444 e. The van der Waals surface area contributed by atoms with Crippen LogP contribution in [0.2, 0.25) is 0 Å². The molecule has 0 aromatic heterocycles. The fourth-order valence-electron chi connectivity index (χ4n) is 1.32. The Hall–Kier alpha value is -1.55. The monoisotopic (exact) mass is 269 g/mol. The summed E-state index contributed by atoms with van der Waals surface area (Å²) >= 11 is 5.51. The maximum atomic E-state index is 11.6. The summed E-state index contributed by atoms with van der Waals surface area (Å²) in [5.41, 5.74) is 0.186. The van der Waals surface area contributed by atoms with E-state index in [1.54, 1.807) is 45.0 Å². The number of Topliss-reactive ketones (excluding diaryl/α,β-unsaturated/α-hetero) is 1. The van der Waals surface area contributed by atoms with Crippen molar-refractivity contribution >= 4 is 29.2 Å². The molecule has 0 heterocycles. The predicted octanol–water partition coefficient (Wildman–Crippen LogP) is 3.46. The van der Waals surface area contributed by atoms with Crippen LogP contribution in [0.3, 0.4) is 0 Å². The molecule has 98 valence electrons. The first kappa shape index (κ1) is 14.5. The number of anilines is 1. The highest BCUT2D eigenvalue weighted by atomic mass is 35.5. The molecule has 1 amide bonds. The molecule has 0 fully saturated rings. The number of hydrogen-bond acceptors (Lipinski definition) is 3. The van der Waals surface area contributed by atoms with Gasteiger partial charge >= 0.3 is 6.09 Å². The van der Waals surface area contributed by atoms with Gasteiger partial charge in [0.1, 0.15) is 5.60 Å². The first-order valence-electron chi connectivity index (χ1n) is 5.51. The SMILES string of the molecule is CC(C)(C)OC(=O)Nc1ccccc1C(=O)CCl. The third kappa shape index (κ3) is 4.37. The van der Waals surface area contributed by atoms with E-state index in [1.165, 1.54) is 0 Å². The van der Waals surface area contributed by atoms with Crippen molar-refractivity contribution in [2.75, 3.05) is 11.2 Å². The van der Waals surface area contributed by atoms with Crippen LogP contribution >= 0.6 is 11.6 Å². The molecule has 0 radical (unpaired) electrons. The molecule has 0 aliphatic carbocycles. The zero-order chi connectivity index (χ0) is 13.8. The van der Waals surface area contributed by atoms with E-state index in [-0.39, 0.29) is 11.7 Å². The Morgan fingerprint density at radius 3 is 2.44 bits per heavy atom. The molecular weight excluding hydrogens is 254 g/mol. The molecule has 1 rings (SSSR count). The minimum absolute atomic E-state index is 0.132. The van der Waals surface area contributed by atoms with Gasteiger partial charge in [-0.05, 0) is 32.9 Å². The van der Waals surface area contributed by atoms with E-state index < -0.39 is 11.7 Å². The molecule has 4 nitrogen and oxygen atoms in total. The Bertz CT molecular complexity index is 452. The van der Waals surface area contributed by atoms with Crippen molar-refractivity contribution in [2.24, 2.45) is 0 Å². The number of alkyl halides is 1. The van der Waals surface area contributed by atoms with Crippen molar-refractivity contribution in [1.82, 2.24) is 0 Å². The fourth-order valence-corrected chi connectivity index (χ4v) is 1.46. The van der Waals surface area contributed by atoms with Crippen LogP contribution in [-0.2, 0) is 4.74 Å². The van der Waals surface area contributed by atoms with E-state index in [2.05, 4.69) is 5.32 Å². The lowest BCUT2D eigenvalue weighted by Gasteiger charge is -2.20. The molecule has 0 saturated carbocycles. The van der Waals surface area contributed by atoms with Crippen molar-refractivity contribution in [3.8, 4) is 0 Å². The van der Waals surface area contributed by atoms with E-state index in [0.717, 1.165) is 0 Å². The quantitative estimate of drug-likeness (QED) is 0.675. The van der Waals surface area contributed by atoms with Gasteiger partial charge in [-0.25, -0.2) is 4.79 Å². The van der Waals surface area contributed by atoms with E-state index in [1.807, 2.05) is 0 Å². The first-order valence-corrected chi connectivity index (χ1v) is 6.05. The second-order valence-corrected chi connectivity index (χ2v) is 5.00. The lowest BCUT2D eigenvalue weighted by Crippen LogP contribution is -2.27. The van der Waals surface area contributed by atoms with Crippen LogP contribution in [0.1, 0.15) is 31.1 Å². The van der Waals surface area contributed by atoms with Gasteiger partial charge in [0, 0.05) is 5.56 Å². The van der Waals surface area contributed by atoms with Gasteiger partial charge in [0.05, 0.1) is 11.6 Å². The molecule has 0 unspecified atom stereocenters. The molecule has 0 atom stereocenters. The molecule has 1 aromatic carbocycles. The van der Waals surface area contributed by atoms with Gasteiger partial charge in [0.2, 0.25) is 0 Å². The summed E-state index contributed by atoms with van der Waals surface area (Å²) in [5, 5.41) is 2.54. The number of nitrogens with one attached hydrogen (secondary N) is 1. The molecule has 0 saturated heterocycles. The van der Waals surface area contributed by atoms with E-state index in [4.69, 9.17) is 16.3 Å². The van der Waals surface area contributed by atoms with Crippen LogP contribution in [0.15, 0.2) is 24.3 Å². The second kappa shape index (κ2) is 5.87. The number of ketones is 1. The van der Waals surface area contributed by atoms with E-state index in [0.29, 0.717) is 11.3 Å². The van der Waals surface area contributed by atoms with Crippen molar-refractivity contribution < 1.29 is 14.3 Å². The fraction of sp³-hybridized carbons (Fsp3) is 0.385. The van der Waals surface area contributed by atoms with Crippen molar-refractivity contribution in [3.63, 3.8) is 0 Å². The smallest absolute Gasteiger partial charge is 0.412 e. The highest BCUT2D eigenvalue weighted by Crippen LogP contribution is 2.17. The van der Waals surface area contributed by atoms with Gasteiger partial charge in [-0.2, -0.15) is 0 Å². The van der Waals surface area contributed by atoms with Crippen LogP contribution < -0.4 is 5.32 Å². The van der Waals surface area contributed by atoms with Crippen LogP contribution in [0.25, 0.3) is 0 Å². The third-order valence-corrected chi connectivity index (χ3v) is 2.23. The first-order chi connectivity index (χ1) is 8.33. The lowest BCUT2D eigenvalue weighted by molar-refractivity contribution is 0.0636.